The Morgan fingerprint density at radius 3 is 2.80 bits per heavy atom. The highest BCUT2D eigenvalue weighted by molar-refractivity contribution is 9.10. The van der Waals surface area contributed by atoms with Crippen molar-refractivity contribution in [3.63, 3.8) is 0 Å². The van der Waals surface area contributed by atoms with E-state index in [1.807, 2.05) is 6.07 Å². The van der Waals surface area contributed by atoms with Gasteiger partial charge in [-0.3, -0.25) is 0 Å². The van der Waals surface area contributed by atoms with Crippen LogP contribution in [0, 0.1) is 5.92 Å². The summed E-state index contributed by atoms with van der Waals surface area (Å²) in [5.41, 5.74) is 0.998. The molecule has 1 aromatic heterocycles. The maximum Gasteiger partial charge on any atom is 0.165 e. The summed E-state index contributed by atoms with van der Waals surface area (Å²) < 4.78 is 6.13. The summed E-state index contributed by atoms with van der Waals surface area (Å²) in [6, 6.07) is 1.95. The summed E-state index contributed by atoms with van der Waals surface area (Å²) in [6.07, 6.45) is 3.19. The Kier molecular flexibility index (Phi) is 3.94. The van der Waals surface area contributed by atoms with Crippen LogP contribution in [0.15, 0.2) is 10.5 Å². The fourth-order valence-electron chi connectivity index (χ4n) is 1.74. The third kappa shape index (κ3) is 3.13. The second-order valence-electron chi connectivity index (χ2n) is 3.73. The third-order valence-corrected chi connectivity index (χ3v) is 3.71. The van der Waals surface area contributed by atoms with E-state index in [1.54, 1.807) is 0 Å². The van der Waals surface area contributed by atoms with E-state index in [2.05, 4.69) is 26.1 Å². The molecule has 1 saturated heterocycles. The van der Waals surface area contributed by atoms with Crippen LogP contribution in [0.4, 0.5) is 0 Å². The lowest BCUT2D eigenvalue weighted by Gasteiger charge is -2.21. The summed E-state index contributed by atoms with van der Waals surface area (Å²) in [4.78, 5) is 0. The summed E-state index contributed by atoms with van der Waals surface area (Å²) in [7, 11) is 0. The van der Waals surface area contributed by atoms with Crippen LogP contribution in [0.3, 0.4) is 0 Å². The maximum atomic E-state index is 5.78. The molecule has 0 amide bonds. The lowest BCUT2D eigenvalue weighted by Crippen LogP contribution is -2.18. The molecule has 0 radical (unpaired) electrons. The van der Waals surface area contributed by atoms with Crippen molar-refractivity contribution in [3.05, 3.63) is 21.4 Å². The molecule has 3 nitrogen and oxygen atoms in total. The van der Waals surface area contributed by atoms with Crippen molar-refractivity contribution in [2.24, 2.45) is 5.92 Å². The highest BCUT2D eigenvalue weighted by Gasteiger charge is 2.15. The zero-order valence-electron chi connectivity index (χ0n) is 8.25. The SMILES string of the molecule is Clc1nnc(CC2CCOCC2)cc1Br. The van der Waals surface area contributed by atoms with E-state index >= 15 is 0 Å². The molecule has 0 bridgehead atoms. The monoisotopic (exact) mass is 290 g/mol. The van der Waals surface area contributed by atoms with E-state index in [-0.39, 0.29) is 0 Å². The van der Waals surface area contributed by atoms with Crippen LogP contribution in [0.1, 0.15) is 18.5 Å². The Labute approximate surface area is 102 Å². The van der Waals surface area contributed by atoms with Crippen LogP contribution in [-0.4, -0.2) is 23.4 Å². The van der Waals surface area contributed by atoms with Crippen molar-refractivity contribution in [2.45, 2.75) is 19.3 Å². The minimum absolute atomic E-state index is 0.422. The summed E-state index contributed by atoms with van der Waals surface area (Å²) in [5, 5.41) is 8.38. The molecular weight excluding hydrogens is 279 g/mol. The van der Waals surface area contributed by atoms with Gasteiger partial charge in [0.25, 0.3) is 0 Å². The van der Waals surface area contributed by atoms with Crippen molar-refractivity contribution in [1.82, 2.24) is 10.2 Å². The van der Waals surface area contributed by atoms with Gasteiger partial charge in [-0.2, -0.15) is 5.10 Å². The second-order valence-corrected chi connectivity index (χ2v) is 4.95. The van der Waals surface area contributed by atoms with Crippen LogP contribution in [0.2, 0.25) is 5.15 Å². The first-order valence-electron chi connectivity index (χ1n) is 5.01. The lowest BCUT2D eigenvalue weighted by atomic mass is 9.95. The van der Waals surface area contributed by atoms with Gasteiger partial charge in [0.05, 0.1) is 10.2 Å². The largest absolute Gasteiger partial charge is 0.381 e. The predicted octanol–water partition coefficient (Wildman–Crippen LogP) is 2.86. The first kappa shape index (κ1) is 11.3. The smallest absolute Gasteiger partial charge is 0.165 e. The molecule has 1 fully saturated rings. The van der Waals surface area contributed by atoms with Gasteiger partial charge in [0, 0.05) is 13.2 Å². The van der Waals surface area contributed by atoms with E-state index in [4.69, 9.17) is 16.3 Å². The maximum absolute atomic E-state index is 5.78. The van der Waals surface area contributed by atoms with Crippen LogP contribution < -0.4 is 0 Å². The molecule has 0 unspecified atom stereocenters. The normalized spacial score (nSPS) is 18.0. The standard InChI is InChI=1S/C10H12BrClN2O/c11-9-6-8(13-14-10(9)12)5-7-1-3-15-4-2-7/h6-7H,1-5H2. The number of aromatic nitrogens is 2. The molecule has 0 N–H and O–H groups in total. The molecule has 15 heavy (non-hydrogen) atoms. The van der Waals surface area contributed by atoms with Crippen LogP contribution >= 0.6 is 27.5 Å². The molecular formula is C10H12BrClN2O. The Morgan fingerprint density at radius 1 is 1.40 bits per heavy atom. The van der Waals surface area contributed by atoms with E-state index in [1.165, 1.54) is 0 Å². The average Bonchev–Trinajstić information content (AvgIpc) is 2.25. The van der Waals surface area contributed by atoms with Crippen molar-refractivity contribution >= 4 is 27.5 Å². The number of hydrogen-bond donors (Lipinski definition) is 0. The zero-order chi connectivity index (χ0) is 10.7. The molecule has 0 aliphatic carbocycles. The van der Waals surface area contributed by atoms with Crippen LogP contribution in [0.5, 0.6) is 0 Å². The predicted molar refractivity (Wildman–Crippen MR) is 62.0 cm³/mol. The third-order valence-electron chi connectivity index (χ3n) is 2.60. The minimum atomic E-state index is 0.422. The molecule has 82 valence electrons. The van der Waals surface area contributed by atoms with E-state index in [9.17, 15) is 0 Å². The Bertz CT molecular complexity index is 342. The van der Waals surface area contributed by atoms with Crippen LogP contribution in [-0.2, 0) is 11.2 Å². The molecule has 0 saturated carbocycles. The number of hydrogen-bond acceptors (Lipinski definition) is 3. The number of rotatable bonds is 2. The van der Waals surface area contributed by atoms with E-state index in [0.717, 1.165) is 42.6 Å². The van der Waals surface area contributed by atoms with Gasteiger partial charge >= 0.3 is 0 Å². The summed E-state index contributed by atoms with van der Waals surface area (Å²) in [6.45, 7) is 1.74. The van der Waals surface area contributed by atoms with Gasteiger partial charge in [-0.1, -0.05) is 11.6 Å². The van der Waals surface area contributed by atoms with E-state index < -0.39 is 0 Å². The van der Waals surface area contributed by atoms with Crippen LogP contribution in [0.25, 0.3) is 0 Å². The van der Waals surface area contributed by atoms with Crippen molar-refractivity contribution in [3.8, 4) is 0 Å². The molecule has 2 rings (SSSR count). The summed E-state index contributed by atoms with van der Waals surface area (Å²) in [5.74, 6) is 0.668. The van der Waals surface area contributed by atoms with Gasteiger partial charge < -0.3 is 4.74 Å². The average molecular weight is 292 g/mol. The fourth-order valence-corrected chi connectivity index (χ4v) is 2.17. The van der Waals surface area contributed by atoms with Gasteiger partial charge in [0.15, 0.2) is 5.15 Å². The van der Waals surface area contributed by atoms with Gasteiger partial charge in [-0.05, 0) is 47.2 Å². The van der Waals surface area contributed by atoms with Gasteiger partial charge in [0.2, 0.25) is 0 Å². The molecule has 0 aromatic carbocycles. The fraction of sp³-hybridized carbons (Fsp3) is 0.600. The highest BCUT2D eigenvalue weighted by Crippen LogP contribution is 2.23. The second kappa shape index (κ2) is 5.23. The Balaban J connectivity index is 2.00. The molecule has 1 aromatic rings. The molecule has 2 heterocycles. The molecule has 1 aliphatic rings. The van der Waals surface area contributed by atoms with Gasteiger partial charge in [0.1, 0.15) is 0 Å². The van der Waals surface area contributed by atoms with Crippen molar-refractivity contribution < 1.29 is 4.74 Å². The van der Waals surface area contributed by atoms with Crippen molar-refractivity contribution in [1.29, 1.82) is 0 Å². The molecule has 5 heteroatoms. The van der Waals surface area contributed by atoms with Crippen molar-refractivity contribution in [2.75, 3.05) is 13.2 Å². The number of ether oxygens (including phenoxy) is 1. The lowest BCUT2D eigenvalue weighted by molar-refractivity contribution is 0.0662. The molecule has 0 atom stereocenters. The highest BCUT2D eigenvalue weighted by atomic mass is 79.9. The van der Waals surface area contributed by atoms with Gasteiger partial charge in [-0.25, -0.2) is 0 Å². The molecule has 0 spiro atoms. The number of nitrogens with zero attached hydrogens (tertiary/aromatic N) is 2. The van der Waals surface area contributed by atoms with Gasteiger partial charge in [-0.15, -0.1) is 5.10 Å². The first-order chi connectivity index (χ1) is 7.25. The zero-order valence-corrected chi connectivity index (χ0v) is 10.6. The Morgan fingerprint density at radius 2 is 2.13 bits per heavy atom. The topological polar surface area (TPSA) is 35.0 Å². The Hall–Kier alpha value is -0.190. The summed E-state index contributed by atoms with van der Waals surface area (Å²) >= 11 is 9.13. The number of halogens is 2. The quantitative estimate of drug-likeness (QED) is 0.840. The minimum Gasteiger partial charge on any atom is -0.381 e. The van der Waals surface area contributed by atoms with E-state index in [0.29, 0.717) is 11.1 Å². The first-order valence-corrected chi connectivity index (χ1v) is 6.18. The molecule has 1 aliphatic heterocycles.